The molecule has 5 bridgehead atoms. The van der Waals surface area contributed by atoms with Crippen molar-refractivity contribution in [1.29, 1.82) is 0 Å². The zero-order valence-electron chi connectivity index (χ0n) is 44.1. The van der Waals surface area contributed by atoms with Crippen molar-refractivity contribution in [2.24, 2.45) is 33.7 Å². The van der Waals surface area contributed by atoms with E-state index in [9.17, 15) is 39.6 Å². The molecule has 0 radical (unpaired) electrons. The fourth-order valence-corrected chi connectivity index (χ4v) is 11.6. The monoisotopic (exact) mass is 1010 g/mol. The van der Waals surface area contributed by atoms with Gasteiger partial charge in [-0.2, -0.15) is 0 Å². The molecule has 1 spiro atoms. The predicted molar refractivity (Wildman–Crippen MR) is 275 cm³/mol. The molecule has 2 unspecified atom stereocenters. The van der Waals surface area contributed by atoms with E-state index < -0.39 is 77.3 Å². The normalized spacial score (nSPS) is 30.5. The molecule has 2 aromatic rings. The molecule has 73 heavy (non-hydrogen) atoms. The van der Waals surface area contributed by atoms with E-state index >= 15 is 0 Å². The molecule has 3 saturated heterocycles. The van der Waals surface area contributed by atoms with Crippen LogP contribution in [0.5, 0.6) is 17.2 Å². The maximum absolute atomic E-state index is 14.8. The van der Waals surface area contributed by atoms with Crippen LogP contribution >= 0.6 is 0 Å². The average Bonchev–Trinajstić information content (AvgIpc) is 3.86. The van der Waals surface area contributed by atoms with Gasteiger partial charge in [0, 0.05) is 106 Å². The number of phenols is 2. The molecule has 0 aliphatic carbocycles. The lowest BCUT2D eigenvalue weighted by molar-refractivity contribution is -0.159. The number of amides is 2. The van der Waals surface area contributed by atoms with Crippen LogP contribution in [0.25, 0.3) is 10.8 Å². The Bertz CT molecular complexity index is 2680. The van der Waals surface area contributed by atoms with Crippen molar-refractivity contribution in [1.82, 2.24) is 19.6 Å². The molecule has 398 valence electrons. The van der Waals surface area contributed by atoms with Gasteiger partial charge in [-0.1, -0.05) is 52.8 Å². The van der Waals surface area contributed by atoms with Crippen LogP contribution in [0, 0.1) is 30.6 Å². The molecule has 7 atom stereocenters. The number of allylic oxidation sites excluding steroid dienone is 3. The van der Waals surface area contributed by atoms with Gasteiger partial charge in [0.1, 0.15) is 40.4 Å². The first-order valence-corrected chi connectivity index (χ1v) is 26.4. The molecule has 0 saturated carbocycles. The van der Waals surface area contributed by atoms with Crippen LogP contribution < -0.4 is 20.8 Å². The molecule has 18 nitrogen and oxygen atoms in total. The number of nitrogens with zero attached hydrogens (tertiary/aromatic N) is 6. The number of nitrogens with one attached hydrogen (secondary N) is 1. The van der Waals surface area contributed by atoms with E-state index in [-0.39, 0.29) is 68.4 Å². The largest absolute Gasteiger partial charge is 0.507 e. The highest BCUT2D eigenvalue weighted by atomic mass is 16.7. The first-order chi connectivity index (χ1) is 34.6. The predicted octanol–water partition coefficient (Wildman–Crippen LogP) is 4.49. The molecule has 7 aliphatic heterocycles. The van der Waals surface area contributed by atoms with Gasteiger partial charge in [-0.15, -0.1) is 0 Å². The number of Topliss-reactive ketones (excluding diaryl/α,β-unsaturated/α-hetero) is 1. The second-order valence-corrected chi connectivity index (χ2v) is 22.1. The standard InChI is InChI=1S/C55H77N7O11/c1-31(2)30-60-22-18-55(19-23-60)57-44-41-42-49(67)36(7)51-43(41)52(69)54(8,73-51)71-28-11-10-15-38(72-40(64)29-39(63)62-26-24-61(25-27-62)37-16-20-59(9)21-17-37)34(5)48(66)35(6)47(65)32(3)13-12-14-33(4)53(70)56-46(50(42)68)45(44)58-55/h11-14,28,31-32,34-35,37-38,47-48,57,65-68H,10,15-27,29-30H2,1-9H3/b13-12+,28-11+,33-14-,56-46?/t32?,34-,35+,38+,47-,48?,54-/m0/s1. The highest BCUT2D eigenvalue weighted by Crippen LogP contribution is 2.51. The van der Waals surface area contributed by atoms with Crippen molar-refractivity contribution in [2.45, 2.75) is 136 Å². The molecule has 3 fully saturated rings. The molecule has 7 aliphatic rings. The molecular weight excluding hydrogens is 935 g/mol. The molecular formula is C55H77N7O11. The third-order valence-electron chi connectivity index (χ3n) is 16.3. The summed E-state index contributed by atoms with van der Waals surface area (Å²) in [4.78, 5) is 74.4. The lowest BCUT2D eigenvalue weighted by Crippen LogP contribution is -2.54. The highest BCUT2D eigenvalue weighted by Gasteiger charge is 2.50. The number of benzene rings is 2. The molecule has 18 heteroatoms. The molecule has 9 rings (SSSR count). The van der Waals surface area contributed by atoms with E-state index in [1.165, 1.54) is 13.2 Å². The quantitative estimate of drug-likeness (QED) is 0.153. The van der Waals surface area contributed by atoms with Crippen molar-refractivity contribution in [3.8, 4) is 17.2 Å². The van der Waals surface area contributed by atoms with Crippen LogP contribution in [0.4, 0.5) is 5.69 Å². The third kappa shape index (κ3) is 11.0. The zero-order chi connectivity index (χ0) is 52.7. The van der Waals surface area contributed by atoms with Crippen LogP contribution in [0.2, 0.25) is 0 Å². The minimum absolute atomic E-state index is 0.0622. The van der Waals surface area contributed by atoms with Crippen molar-refractivity contribution in [3.63, 3.8) is 0 Å². The summed E-state index contributed by atoms with van der Waals surface area (Å²) in [5, 5.41) is 51.1. The number of anilines is 1. The first-order valence-electron chi connectivity index (χ1n) is 26.4. The minimum Gasteiger partial charge on any atom is -0.507 e. The van der Waals surface area contributed by atoms with Gasteiger partial charge in [0.2, 0.25) is 5.91 Å². The van der Waals surface area contributed by atoms with Gasteiger partial charge < -0.3 is 54.7 Å². The van der Waals surface area contributed by atoms with Crippen molar-refractivity contribution >= 4 is 40.0 Å². The lowest BCUT2D eigenvalue weighted by Gasteiger charge is -2.42. The van der Waals surface area contributed by atoms with Crippen LogP contribution in [0.3, 0.4) is 0 Å². The lowest BCUT2D eigenvalue weighted by atomic mass is 9.81. The van der Waals surface area contributed by atoms with Crippen LogP contribution in [0.1, 0.15) is 109 Å². The summed E-state index contributed by atoms with van der Waals surface area (Å²) in [6, 6.07) is 0.489. The fraction of sp³-hybridized carbons (Fsp3) is 0.636. The molecule has 7 heterocycles. The van der Waals surface area contributed by atoms with Gasteiger partial charge in [-0.05, 0) is 71.7 Å². The fourth-order valence-electron chi connectivity index (χ4n) is 11.6. The van der Waals surface area contributed by atoms with E-state index in [2.05, 4.69) is 45.9 Å². The number of ketones is 1. The number of phenolic OH excluding ortho intramolecular Hbond substituents is 2. The number of piperidine rings is 2. The van der Waals surface area contributed by atoms with E-state index in [1.807, 2.05) is 0 Å². The van der Waals surface area contributed by atoms with Crippen LogP contribution in [-0.4, -0.2) is 165 Å². The van der Waals surface area contributed by atoms with Crippen molar-refractivity contribution < 1.29 is 53.8 Å². The summed E-state index contributed by atoms with van der Waals surface area (Å²) < 4.78 is 18.5. The summed E-state index contributed by atoms with van der Waals surface area (Å²) in [7, 11) is 2.13. The van der Waals surface area contributed by atoms with E-state index in [0.29, 0.717) is 43.6 Å². The number of aliphatic hydroxyl groups excluding tert-OH is 2. The van der Waals surface area contributed by atoms with Gasteiger partial charge in [0.15, 0.2) is 5.75 Å². The van der Waals surface area contributed by atoms with Crippen molar-refractivity contribution in [3.05, 3.63) is 58.0 Å². The Hall–Kier alpha value is -5.40. The summed E-state index contributed by atoms with van der Waals surface area (Å²) in [5.41, 5.74) is -0.108. The van der Waals surface area contributed by atoms with E-state index in [0.717, 1.165) is 58.7 Å². The molecule has 5 N–H and O–H groups in total. The summed E-state index contributed by atoms with van der Waals surface area (Å²) in [6.07, 6.45) is 8.07. The smallest absolute Gasteiger partial charge is 0.315 e. The van der Waals surface area contributed by atoms with Gasteiger partial charge >= 0.3 is 11.8 Å². The number of piperazine rings is 1. The number of fused-ring (bicyclic) bond motifs is 13. The first kappa shape index (κ1) is 53.9. The number of esters is 1. The maximum Gasteiger partial charge on any atom is 0.315 e. The molecule has 0 aromatic heterocycles. The number of aliphatic hydroxyl groups is 2. The van der Waals surface area contributed by atoms with Gasteiger partial charge in [0.05, 0.1) is 35.1 Å². The average molecular weight is 1010 g/mol. The Morgan fingerprint density at radius 3 is 2.26 bits per heavy atom. The minimum atomic E-state index is -1.93. The summed E-state index contributed by atoms with van der Waals surface area (Å²) in [6.45, 7) is 21.1. The Morgan fingerprint density at radius 1 is 0.904 bits per heavy atom. The summed E-state index contributed by atoms with van der Waals surface area (Å²) >= 11 is 0. The van der Waals surface area contributed by atoms with Gasteiger partial charge in [0.25, 0.3) is 11.7 Å². The Morgan fingerprint density at radius 2 is 1.59 bits per heavy atom. The number of rotatable bonds is 6. The number of aromatic hydroxyl groups is 2. The van der Waals surface area contributed by atoms with Crippen LogP contribution in [0.15, 0.2) is 46.1 Å². The highest BCUT2D eigenvalue weighted by molar-refractivity contribution is 6.21. The number of likely N-dealkylation sites (tertiary alicyclic amines) is 2. The third-order valence-corrected chi connectivity index (χ3v) is 16.3. The zero-order valence-corrected chi connectivity index (χ0v) is 44.1. The SMILES string of the molecule is C/C1=C/C=C/C(C)[C@H](O)[C@@H](C)C(O)[C@@H](C)[C@H](OC(=O)CC(=O)N2CCN(C3CCN(C)CC3)CC2)CC/C=C/O[C@@]2(C)Oc3c(C)c(O)c4c(O)c(c5c(c4c3C2=O)NC2(CCN(CC(C)C)CC2)N=5)=NC1=O. The molecule has 2 aromatic carbocycles. The van der Waals surface area contributed by atoms with Gasteiger partial charge in [-0.25, -0.2) is 4.99 Å². The van der Waals surface area contributed by atoms with E-state index in [1.54, 1.807) is 63.8 Å². The van der Waals surface area contributed by atoms with Gasteiger partial charge in [-0.3, -0.25) is 29.1 Å². The number of carbonyl (C=O) groups excluding carboxylic acids is 4. The number of hydrogen-bond acceptors (Lipinski definition) is 16. The Kier molecular flexibility index (Phi) is 16.1. The second-order valence-electron chi connectivity index (χ2n) is 22.1. The topological polar surface area (TPSA) is 227 Å². The summed E-state index contributed by atoms with van der Waals surface area (Å²) in [5.74, 6) is -6.52. The Labute approximate surface area is 428 Å². The van der Waals surface area contributed by atoms with E-state index in [4.69, 9.17) is 19.2 Å². The van der Waals surface area contributed by atoms with Crippen molar-refractivity contribution in [2.75, 3.05) is 71.3 Å². The second kappa shape index (κ2) is 21.8. The number of ether oxygens (including phenoxy) is 3. The Balaban J connectivity index is 1.09. The number of carbonyl (C=O) groups is 4. The maximum atomic E-state index is 14.8. The molecule has 2 amide bonds. The van der Waals surface area contributed by atoms with Crippen LogP contribution in [-0.2, 0) is 23.9 Å². The number of hydrogen-bond donors (Lipinski definition) is 5.